The Morgan fingerprint density at radius 2 is 2.18 bits per heavy atom. The third kappa shape index (κ3) is 2.81. The highest BCUT2D eigenvalue weighted by atomic mass is 16.7. The summed E-state index contributed by atoms with van der Waals surface area (Å²) in [6.07, 6.45) is 1.14. The molecule has 2 saturated heterocycles. The number of aliphatic hydroxyl groups excluding tert-OH is 1. The zero-order chi connectivity index (χ0) is 15.7. The van der Waals surface area contributed by atoms with Gasteiger partial charge in [0, 0.05) is 25.5 Å². The molecule has 2 bridgehead atoms. The second kappa shape index (κ2) is 6.68. The van der Waals surface area contributed by atoms with Crippen LogP contribution in [0.2, 0.25) is 0 Å². The number of aromatic nitrogens is 1. The van der Waals surface area contributed by atoms with Gasteiger partial charge < -0.3 is 24.5 Å². The normalized spacial score (nSPS) is 34.5. The van der Waals surface area contributed by atoms with Gasteiger partial charge in [0.05, 0.1) is 24.8 Å². The van der Waals surface area contributed by atoms with Gasteiger partial charge in [-0.15, -0.1) is 0 Å². The lowest BCUT2D eigenvalue weighted by Crippen LogP contribution is -2.64. The molecule has 5 atom stereocenters. The lowest BCUT2D eigenvalue weighted by atomic mass is 9.94. The van der Waals surface area contributed by atoms with Crippen LogP contribution in [0, 0.1) is 0 Å². The Hall–Kier alpha value is -0.920. The smallest absolute Gasteiger partial charge is 0.176 e. The van der Waals surface area contributed by atoms with Crippen LogP contribution < -0.4 is 5.32 Å². The minimum Gasteiger partial charge on any atom is -0.390 e. The number of hydrogen-bond acceptors (Lipinski definition) is 5. The predicted molar refractivity (Wildman–Crippen MR) is 83.4 cm³/mol. The maximum atomic E-state index is 10.9. The van der Waals surface area contributed by atoms with Gasteiger partial charge in [-0.25, -0.2) is 0 Å². The Bertz CT molecular complexity index is 487. The summed E-state index contributed by atoms with van der Waals surface area (Å²) in [5, 5.41) is 14.3. The molecule has 124 valence electrons. The van der Waals surface area contributed by atoms with Crippen molar-refractivity contribution in [2.45, 2.75) is 51.0 Å². The fraction of sp³-hybridized carbons (Fsp3) is 0.750. The summed E-state index contributed by atoms with van der Waals surface area (Å²) in [5.41, 5.74) is 1.19. The van der Waals surface area contributed by atoms with E-state index >= 15 is 0 Å². The number of rotatable bonds is 6. The summed E-state index contributed by atoms with van der Waals surface area (Å²) >= 11 is 0. The Balaban J connectivity index is 1.71. The summed E-state index contributed by atoms with van der Waals surface area (Å²) in [4.78, 5) is 2.22. The van der Waals surface area contributed by atoms with E-state index in [1.54, 1.807) is 0 Å². The average molecular weight is 309 g/mol. The van der Waals surface area contributed by atoms with Gasteiger partial charge in [0.2, 0.25) is 0 Å². The van der Waals surface area contributed by atoms with Gasteiger partial charge in [0.1, 0.15) is 6.10 Å². The van der Waals surface area contributed by atoms with Crippen LogP contribution in [0.25, 0.3) is 0 Å². The Morgan fingerprint density at radius 1 is 1.41 bits per heavy atom. The highest BCUT2D eigenvalue weighted by Crippen LogP contribution is 2.31. The van der Waals surface area contributed by atoms with Crippen molar-refractivity contribution >= 4 is 0 Å². The largest absolute Gasteiger partial charge is 0.390 e. The average Bonchev–Trinajstić information content (AvgIpc) is 3.11. The van der Waals surface area contributed by atoms with E-state index in [-0.39, 0.29) is 24.5 Å². The van der Waals surface area contributed by atoms with Crippen LogP contribution in [-0.2, 0) is 23.1 Å². The van der Waals surface area contributed by atoms with Crippen molar-refractivity contribution < 1.29 is 14.6 Å². The van der Waals surface area contributed by atoms with Crippen molar-refractivity contribution in [3.05, 3.63) is 24.0 Å². The number of fused-ring (bicyclic) bond motifs is 2. The number of nitrogens with zero attached hydrogens (tertiary/aromatic N) is 2. The lowest BCUT2D eigenvalue weighted by Gasteiger charge is -2.43. The van der Waals surface area contributed by atoms with Gasteiger partial charge in [-0.1, -0.05) is 13.8 Å². The van der Waals surface area contributed by atoms with Gasteiger partial charge in [-0.05, 0) is 25.2 Å². The van der Waals surface area contributed by atoms with E-state index in [1.807, 2.05) is 19.3 Å². The highest BCUT2D eigenvalue weighted by Gasteiger charge is 2.51. The van der Waals surface area contributed by atoms with Crippen LogP contribution in [-0.4, -0.2) is 64.9 Å². The van der Waals surface area contributed by atoms with Crippen molar-refractivity contribution in [3.63, 3.8) is 0 Å². The standard InChI is InChI=1S/C16H27N3O3/c1-4-19(5-2)14-15(20)13(12-10-21-16(14)22-12)17-9-11-7-6-8-18(11)3/h6-8,12-17,20H,4-5,9-10H2,1-3H3/t12-,13+,14-,15-,16+/m0/s1. The summed E-state index contributed by atoms with van der Waals surface area (Å²) in [5.74, 6) is 0. The first-order chi connectivity index (χ1) is 10.7. The second-order valence-electron chi connectivity index (χ2n) is 6.10. The fourth-order valence-corrected chi connectivity index (χ4v) is 3.59. The minimum absolute atomic E-state index is 0.0768. The first-order valence-corrected chi connectivity index (χ1v) is 8.18. The predicted octanol–water partition coefficient (Wildman–Crippen LogP) is 0.310. The molecule has 0 aromatic carbocycles. The van der Waals surface area contributed by atoms with E-state index in [4.69, 9.17) is 9.47 Å². The molecule has 2 aliphatic heterocycles. The van der Waals surface area contributed by atoms with Gasteiger partial charge in [-0.3, -0.25) is 4.90 Å². The van der Waals surface area contributed by atoms with Crippen LogP contribution in [0.5, 0.6) is 0 Å². The van der Waals surface area contributed by atoms with E-state index < -0.39 is 6.10 Å². The number of nitrogens with one attached hydrogen (secondary N) is 1. The van der Waals surface area contributed by atoms with Crippen LogP contribution in [0.15, 0.2) is 18.3 Å². The van der Waals surface area contributed by atoms with Gasteiger partial charge in [-0.2, -0.15) is 0 Å². The maximum Gasteiger partial charge on any atom is 0.176 e. The minimum atomic E-state index is -0.494. The second-order valence-corrected chi connectivity index (χ2v) is 6.10. The molecule has 6 nitrogen and oxygen atoms in total. The molecule has 6 heteroatoms. The number of hydrogen-bond donors (Lipinski definition) is 2. The third-order valence-corrected chi connectivity index (χ3v) is 4.94. The molecule has 3 rings (SSSR count). The van der Waals surface area contributed by atoms with E-state index in [1.165, 1.54) is 5.69 Å². The molecule has 0 saturated carbocycles. The van der Waals surface area contributed by atoms with Crippen LogP contribution in [0.1, 0.15) is 19.5 Å². The maximum absolute atomic E-state index is 10.9. The number of aryl methyl sites for hydroxylation is 1. The molecule has 0 radical (unpaired) electrons. The molecule has 1 aromatic heterocycles. The molecule has 2 N–H and O–H groups in total. The Morgan fingerprint density at radius 3 is 2.82 bits per heavy atom. The highest BCUT2D eigenvalue weighted by molar-refractivity contribution is 5.08. The quantitative estimate of drug-likeness (QED) is 0.792. The summed E-state index contributed by atoms with van der Waals surface area (Å²) in [6, 6.07) is 3.89. The van der Waals surface area contributed by atoms with Crippen molar-refractivity contribution in [2.75, 3.05) is 19.7 Å². The molecule has 2 aliphatic rings. The monoisotopic (exact) mass is 309 g/mol. The summed E-state index contributed by atoms with van der Waals surface area (Å²) in [6.45, 7) is 7.20. The van der Waals surface area contributed by atoms with Gasteiger partial charge in [0.25, 0.3) is 0 Å². The lowest BCUT2D eigenvalue weighted by molar-refractivity contribution is -0.181. The van der Waals surface area contributed by atoms with E-state index in [0.717, 1.165) is 13.1 Å². The molecule has 0 spiro atoms. The zero-order valence-corrected chi connectivity index (χ0v) is 13.6. The van der Waals surface area contributed by atoms with Crippen LogP contribution in [0.4, 0.5) is 0 Å². The van der Waals surface area contributed by atoms with Crippen LogP contribution in [0.3, 0.4) is 0 Å². The van der Waals surface area contributed by atoms with E-state index in [0.29, 0.717) is 13.2 Å². The van der Waals surface area contributed by atoms with Gasteiger partial charge in [0.15, 0.2) is 6.29 Å². The van der Waals surface area contributed by atoms with Gasteiger partial charge >= 0.3 is 0 Å². The Labute approximate surface area is 132 Å². The van der Waals surface area contributed by atoms with Crippen molar-refractivity contribution in [1.82, 2.24) is 14.8 Å². The molecule has 22 heavy (non-hydrogen) atoms. The molecule has 0 aliphatic carbocycles. The molecular weight excluding hydrogens is 282 g/mol. The van der Waals surface area contributed by atoms with E-state index in [9.17, 15) is 5.11 Å². The molecule has 3 heterocycles. The Kier molecular flexibility index (Phi) is 4.84. The molecule has 1 aromatic rings. The van der Waals surface area contributed by atoms with Crippen molar-refractivity contribution in [3.8, 4) is 0 Å². The van der Waals surface area contributed by atoms with E-state index in [2.05, 4.69) is 34.7 Å². The fourth-order valence-electron chi connectivity index (χ4n) is 3.59. The number of likely N-dealkylation sites (N-methyl/N-ethyl adjacent to an activating group) is 1. The first kappa shape index (κ1) is 16.0. The molecular formula is C16H27N3O3. The third-order valence-electron chi connectivity index (χ3n) is 4.94. The molecule has 0 amide bonds. The molecule has 0 unspecified atom stereocenters. The van der Waals surface area contributed by atoms with Crippen molar-refractivity contribution in [1.29, 1.82) is 0 Å². The summed E-state index contributed by atoms with van der Waals surface area (Å²) in [7, 11) is 2.03. The first-order valence-electron chi connectivity index (χ1n) is 8.18. The SMILES string of the molecule is CCN(CC)[C@@H]1[C@@H]2OC[C@H](O2)[C@@H](NCc2cccn2C)[C@@H]1O. The molecule has 2 fully saturated rings. The summed E-state index contributed by atoms with van der Waals surface area (Å²) < 4.78 is 13.8. The number of aliphatic hydroxyl groups is 1. The van der Waals surface area contributed by atoms with Crippen LogP contribution >= 0.6 is 0 Å². The number of ether oxygens (including phenoxy) is 2. The van der Waals surface area contributed by atoms with Crippen molar-refractivity contribution in [2.24, 2.45) is 7.05 Å². The zero-order valence-electron chi connectivity index (χ0n) is 13.6. The topological polar surface area (TPSA) is 58.9 Å².